The van der Waals surface area contributed by atoms with Crippen LogP contribution in [-0.4, -0.2) is 13.1 Å². The Bertz CT molecular complexity index is 612. The van der Waals surface area contributed by atoms with Crippen LogP contribution < -0.4 is 15.4 Å². The lowest BCUT2D eigenvalue weighted by Gasteiger charge is -2.11. The van der Waals surface area contributed by atoms with Crippen molar-refractivity contribution in [3.63, 3.8) is 0 Å². The second-order valence-corrected chi connectivity index (χ2v) is 4.68. The van der Waals surface area contributed by atoms with E-state index in [-0.39, 0.29) is 6.03 Å². The molecule has 104 valence electrons. The number of urea groups is 1. The smallest absolute Gasteiger partial charge is 0.318 e. The third-order valence-electron chi connectivity index (χ3n) is 2.70. The highest BCUT2D eigenvalue weighted by Gasteiger charge is 2.05. The Morgan fingerprint density at radius 3 is 2.45 bits per heavy atom. The minimum Gasteiger partial charge on any atom is -0.457 e. The fraction of sp³-hybridized carbons (Fsp3) is 0.133. The van der Waals surface area contributed by atoms with Gasteiger partial charge in [0.2, 0.25) is 0 Å². The normalized spacial score (nSPS) is 9.95. The maximum Gasteiger partial charge on any atom is 0.318 e. The zero-order valence-corrected chi connectivity index (χ0v) is 12.0. The molecule has 2 N–H and O–H groups in total. The molecule has 0 radical (unpaired) electrons. The zero-order valence-electron chi connectivity index (χ0n) is 11.2. The molecule has 0 aromatic heterocycles. The number of hydrogen-bond acceptors (Lipinski definition) is 2. The summed E-state index contributed by atoms with van der Waals surface area (Å²) in [5.41, 5.74) is 1.64. The van der Waals surface area contributed by atoms with Crippen LogP contribution in [0.15, 0.2) is 42.5 Å². The highest BCUT2D eigenvalue weighted by Crippen LogP contribution is 2.28. The number of rotatable bonds is 3. The SMILES string of the molecule is CNC(=O)Nc1ccc(Oc2ccc(Cl)cc2)c(C)c1. The second kappa shape index (κ2) is 6.30. The van der Waals surface area contributed by atoms with Gasteiger partial charge in [-0.2, -0.15) is 0 Å². The van der Waals surface area contributed by atoms with Crippen LogP contribution in [-0.2, 0) is 0 Å². The molecule has 0 spiro atoms. The predicted octanol–water partition coefficient (Wildman–Crippen LogP) is 4.19. The molecule has 0 saturated carbocycles. The minimum atomic E-state index is -0.254. The van der Waals surface area contributed by atoms with Gasteiger partial charge in [0.05, 0.1) is 0 Å². The molecule has 0 heterocycles. The average molecular weight is 291 g/mol. The molecule has 0 aliphatic rings. The van der Waals surface area contributed by atoms with Crippen molar-refractivity contribution in [2.75, 3.05) is 12.4 Å². The van der Waals surface area contributed by atoms with Crippen molar-refractivity contribution in [1.29, 1.82) is 0 Å². The Hall–Kier alpha value is -2.20. The van der Waals surface area contributed by atoms with Gasteiger partial charge in [-0.15, -0.1) is 0 Å². The molecular formula is C15H15ClN2O2. The third kappa shape index (κ3) is 3.65. The lowest BCUT2D eigenvalue weighted by Crippen LogP contribution is -2.24. The molecule has 4 nitrogen and oxygen atoms in total. The Balaban J connectivity index is 2.13. The molecule has 0 aliphatic carbocycles. The van der Waals surface area contributed by atoms with Crippen molar-refractivity contribution in [2.24, 2.45) is 0 Å². The van der Waals surface area contributed by atoms with Gasteiger partial charge in [-0.3, -0.25) is 0 Å². The van der Waals surface area contributed by atoms with E-state index in [1.165, 1.54) is 0 Å². The van der Waals surface area contributed by atoms with Crippen LogP contribution in [0.5, 0.6) is 11.5 Å². The standard InChI is InChI=1S/C15H15ClN2O2/c1-10-9-12(18-15(19)17-2)5-8-14(10)20-13-6-3-11(16)4-7-13/h3-9H,1-2H3,(H2,17,18,19). The molecule has 20 heavy (non-hydrogen) atoms. The fourth-order valence-electron chi connectivity index (χ4n) is 1.66. The Labute approximate surface area is 122 Å². The van der Waals surface area contributed by atoms with Crippen LogP contribution in [0.2, 0.25) is 5.02 Å². The van der Waals surface area contributed by atoms with Crippen LogP contribution in [0.25, 0.3) is 0 Å². The Morgan fingerprint density at radius 2 is 1.85 bits per heavy atom. The molecule has 2 rings (SSSR count). The molecular weight excluding hydrogens is 276 g/mol. The van der Waals surface area contributed by atoms with Crippen molar-refractivity contribution in [2.45, 2.75) is 6.92 Å². The summed E-state index contributed by atoms with van der Waals surface area (Å²) in [6, 6.07) is 12.3. The van der Waals surface area contributed by atoms with E-state index in [1.807, 2.05) is 19.1 Å². The van der Waals surface area contributed by atoms with Gasteiger partial charge in [0.25, 0.3) is 0 Å². The molecule has 2 aromatic carbocycles. The molecule has 0 saturated heterocycles. The van der Waals surface area contributed by atoms with E-state index in [2.05, 4.69) is 10.6 Å². The second-order valence-electron chi connectivity index (χ2n) is 4.24. The van der Waals surface area contributed by atoms with Crippen LogP contribution in [0, 0.1) is 6.92 Å². The number of amides is 2. The van der Waals surface area contributed by atoms with Crippen molar-refractivity contribution >= 4 is 23.3 Å². The summed E-state index contributed by atoms with van der Waals surface area (Å²) in [4.78, 5) is 11.2. The number of benzene rings is 2. The zero-order chi connectivity index (χ0) is 14.5. The first-order valence-corrected chi connectivity index (χ1v) is 6.49. The van der Waals surface area contributed by atoms with Gasteiger partial charge in [0.15, 0.2) is 0 Å². The van der Waals surface area contributed by atoms with Crippen LogP contribution in [0.3, 0.4) is 0 Å². The van der Waals surface area contributed by atoms with Gasteiger partial charge in [0, 0.05) is 17.8 Å². The molecule has 0 unspecified atom stereocenters. The van der Waals surface area contributed by atoms with Crippen molar-refractivity contribution < 1.29 is 9.53 Å². The third-order valence-corrected chi connectivity index (χ3v) is 2.95. The summed E-state index contributed by atoms with van der Waals surface area (Å²) in [5, 5.41) is 5.87. The maximum atomic E-state index is 11.2. The summed E-state index contributed by atoms with van der Waals surface area (Å²) in [5.74, 6) is 1.44. The Morgan fingerprint density at radius 1 is 1.15 bits per heavy atom. The molecule has 0 fully saturated rings. The summed E-state index contributed by atoms with van der Waals surface area (Å²) in [6.07, 6.45) is 0. The molecule has 2 amide bonds. The van der Waals surface area contributed by atoms with Gasteiger partial charge in [0.1, 0.15) is 11.5 Å². The van der Waals surface area contributed by atoms with E-state index in [0.29, 0.717) is 16.5 Å². The Kier molecular flexibility index (Phi) is 4.48. The first kappa shape index (κ1) is 14.2. The number of anilines is 1. The highest BCUT2D eigenvalue weighted by atomic mass is 35.5. The van der Waals surface area contributed by atoms with Gasteiger partial charge in [-0.25, -0.2) is 4.79 Å². The predicted molar refractivity (Wildman–Crippen MR) is 80.8 cm³/mol. The number of halogens is 1. The van der Waals surface area contributed by atoms with Gasteiger partial charge >= 0.3 is 6.03 Å². The maximum absolute atomic E-state index is 11.2. The quantitative estimate of drug-likeness (QED) is 0.890. The van der Waals surface area contributed by atoms with E-state index < -0.39 is 0 Å². The lowest BCUT2D eigenvalue weighted by molar-refractivity contribution is 0.254. The van der Waals surface area contributed by atoms with Crippen molar-refractivity contribution in [1.82, 2.24) is 5.32 Å². The molecule has 0 atom stereocenters. The van der Waals surface area contributed by atoms with Crippen LogP contribution >= 0.6 is 11.6 Å². The first-order chi connectivity index (χ1) is 9.58. The topological polar surface area (TPSA) is 50.4 Å². The summed E-state index contributed by atoms with van der Waals surface area (Å²) >= 11 is 5.83. The highest BCUT2D eigenvalue weighted by molar-refractivity contribution is 6.30. The molecule has 0 aliphatic heterocycles. The molecule has 2 aromatic rings. The monoisotopic (exact) mass is 290 g/mol. The van der Waals surface area contributed by atoms with Crippen LogP contribution in [0.4, 0.5) is 10.5 Å². The van der Waals surface area contributed by atoms with Gasteiger partial charge in [-0.05, 0) is 55.0 Å². The number of nitrogens with one attached hydrogen (secondary N) is 2. The van der Waals surface area contributed by atoms with Gasteiger partial charge < -0.3 is 15.4 Å². The molecule has 0 bridgehead atoms. The minimum absolute atomic E-state index is 0.254. The average Bonchev–Trinajstić information content (AvgIpc) is 2.44. The van der Waals surface area contributed by atoms with E-state index in [1.54, 1.807) is 37.4 Å². The van der Waals surface area contributed by atoms with Crippen molar-refractivity contribution in [3.05, 3.63) is 53.1 Å². The van der Waals surface area contributed by atoms with Gasteiger partial charge in [-0.1, -0.05) is 11.6 Å². The number of carbonyl (C=O) groups is 1. The van der Waals surface area contributed by atoms with Crippen LogP contribution in [0.1, 0.15) is 5.56 Å². The fourth-order valence-corrected chi connectivity index (χ4v) is 1.79. The lowest BCUT2D eigenvalue weighted by atomic mass is 10.2. The van der Waals surface area contributed by atoms with E-state index in [0.717, 1.165) is 11.3 Å². The largest absolute Gasteiger partial charge is 0.457 e. The van der Waals surface area contributed by atoms with E-state index >= 15 is 0 Å². The first-order valence-electron chi connectivity index (χ1n) is 6.11. The van der Waals surface area contributed by atoms with E-state index in [4.69, 9.17) is 16.3 Å². The number of hydrogen-bond donors (Lipinski definition) is 2. The summed E-state index contributed by atoms with van der Waals surface area (Å²) in [6.45, 7) is 1.92. The molecule has 5 heteroatoms. The van der Waals surface area contributed by atoms with Crippen molar-refractivity contribution in [3.8, 4) is 11.5 Å². The van der Waals surface area contributed by atoms with E-state index in [9.17, 15) is 4.79 Å². The summed E-state index contributed by atoms with van der Waals surface area (Å²) < 4.78 is 5.76. The number of aryl methyl sites for hydroxylation is 1. The number of ether oxygens (including phenoxy) is 1. The number of carbonyl (C=O) groups excluding carboxylic acids is 1. The summed E-state index contributed by atoms with van der Waals surface area (Å²) in [7, 11) is 1.57.